The van der Waals surface area contributed by atoms with Gasteiger partial charge in [-0.1, -0.05) is 49.4 Å². The van der Waals surface area contributed by atoms with Crippen LogP contribution in [0, 0.1) is 17.1 Å². The van der Waals surface area contributed by atoms with Crippen molar-refractivity contribution in [1.29, 1.82) is 5.26 Å². The zero-order chi connectivity index (χ0) is 24.7. The van der Waals surface area contributed by atoms with Gasteiger partial charge in [-0.2, -0.15) is 5.26 Å². The lowest BCUT2D eigenvalue weighted by Crippen LogP contribution is -2.32. The summed E-state index contributed by atoms with van der Waals surface area (Å²) in [7, 11) is -4.04. The molecule has 2 N–H and O–H groups in total. The van der Waals surface area contributed by atoms with Crippen molar-refractivity contribution in [3.8, 4) is 17.2 Å². The molecule has 0 aliphatic carbocycles. The van der Waals surface area contributed by atoms with Crippen molar-refractivity contribution in [2.45, 2.75) is 24.8 Å². The lowest BCUT2D eigenvalue weighted by molar-refractivity contribution is -0.118. The summed E-state index contributed by atoms with van der Waals surface area (Å²) in [5, 5.41) is 18.3. The minimum Gasteiger partial charge on any atom is -0.395 e. The molecule has 0 saturated carbocycles. The second-order valence-electron chi connectivity index (χ2n) is 7.45. The van der Waals surface area contributed by atoms with Gasteiger partial charge >= 0.3 is 0 Å². The fraction of sp³-hybridized carbons (Fsp3) is 0.200. The predicted molar refractivity (Wildman–Crippen MR) is 127 cm³/mol. The quantitative estimate of drug-likeness (QED) is 0.485. The fourth-order valence-corrected chi connectivity index (χ4v) is 4.76. The van der Waals surface area contributed by atoms with Crippen molar-refractivity contribution in [3.63, 3.8) is 0 Å². The Balaban J connectivity index is 2.13. The zero-order valence-electron chi connectivity index (χ0n) is 18.5. The Labute approximate surface area is 198 Å². The normalized spacial score (nSPS) is 11.1. The van der Waals surface area contributed by atoms with Crippen LogP contribution < -0.4 is 9.62 Å². The zero-order valence-corrected chi connectivity index (χ0v) is 19.3. The van der Waals surface area contributed by atoms with E-state index in [-0.39, 0.29) is 48.2 Å². The third kappa shape index (κ3) is 5.85. The molecular formula is C25H24FN3O4S. The number of halogens is 1. The second kappa shape index (κ2) is 11.0. The number of hydrogen-bond donors (Lipinski definition) is 2. The predicted octanol–water partition coefficient (Wildman–Crippen LogP) is 3.58. The van der Waals surface area contributed by atoms with Crippen molar-refractivity contribution in [1.82, 2.24) is 4.72 Å². The maximum atomic E-state index is 14.1. The van der Waals surface area contributed by atoms with Crippen LogP contribution in [0.1, 0.15) is 24.5 Å². The van der Waals surface area contributed by atoms with E-state index in [4.69, 9.17) is 5.11 Å². The van der Waals surface area contributed by atoms with Crippen molar-refractivity contribution >= 4 is 21.6 Å². The maximum Gasteiger partial charge on any atom is 0.241 e. The third-order valence-corrected chi connectivity index (χ3v) is 6.67. The van der Waals surface area contributed by atoms with Gasteiger partial charge in [0.25, 0.3) is 0 Å². The fourth-order valence-electron chi connectivity index (χ4n) is 3.48. The van der Waals surface area contributed by atoms with E-state index in [1.807, 2.05) is 36.4 Å². The van der Waals surface area contributed by atoms with Crippen LogP contribution in [0.2, 0.25) is 0 Å². The minimum atomic E-state index is -4.04. The van der Waals surface area contributed by atoms with Crippen LogP contribution in [0.4, 0.5) is 10.1 Å². The highest BCUT2D eigenvalue weighted by molar-refractivity contribution is 7.89. The van der Waals surface area contributed by atoms with Crippen molar-refractivity contribution < 1.29 is 22.7 Å². The summed E-state index contributed by atoms with van der Waals surface area (Å²) in [6.45, 7) is 0.919. The number of benzene rings is 3. The average molecular weight is 482 g/mol. The molecule has 176 valence electrons. The van der Waals surface area contributed by atoms with Crippen LogP contribution >= 0.6 is 0 Å². The van der Waals surface area contributed by atoms with Gasteiger partial charge in [0.2, 0.25) is 15.9 Å². The first-order valence-corrected chi connectivity index (χ1v) is 12.1. The van der Waals surface area contributed by atoms with Crippen LogP contribution in [-0.4, -0.2) is 32.6 Å². The highest BCUT2D eigenvalue weighted by atomic mass is 32.2. The molecule has 3 aromatic carbocycles. The number of aliphatic hydroxyl groups excluding tert-OH is 1. The minimum absolute atomic E-state index is 0.0424. The molecular weight excluding hydrogens is 457 g/mol. The molecule has 0 radical (unpaired) electrons. The van der Waals surface area contributed by atoms with Crippen molar-refractivity contribution in [2.24, 2.45) is 0 Å². The van der Waals surface area contributed by atoms with Gasteiger partial charge in [-0.05, 0) is 41.0 Å². The summed E-state index contributed by atoms with van der Waals surface area (Å²) in [4.78, 5) is 14.0. The number of rotatable bonds is 9. The third-order valence-electron chi connectivity index (χ3n) is 5.12. The molecule has 0 unspecified atom stereocenters. The van der Waals surface area contributed by atoms with Crippen LogP contribution in [0.25, 0.3) is 11.1 Å². The van der Waals surface area contributed by atoms with E-state index in [1.54, 1.807) is 19.1 Å². The molecule has 9 heteroatoms. The molecule has 7 nitrogen and oxygen atoms in total. The average Bonchev–Trinajstić information content (AvgIpc) is 2.85. The largest absolute Gasteiger partial charge is 0.395 e. The maximum absolute atomic E-state index is 14.1. The van der Waals surface area contributed by atoms with E-state index in [1.165, 1.54) is 17.0 Å². The number of amides is 1. The van der Waals surface area contributed by atoms with Crippen molar-refractivity contribution in [2.75, 3.05) is 18.1 Å². The molecule has 0 aromatic heterocycles. The molecule has 0 aliphatic heterocycles. The molecule has 0 atom stereocenters. The standard InChI is InChI=1S/C25H24FN3O4S/c1-2-25(31)29(23-13-18(16-27)12-22(26)15-23)17-21-9-8-20(19-6-4-3-5-7-19)14-24(21)34(32,33)28-10-11-30/h3-9,12-15,28,30H,2,10-11,17H2,1H3. The molecule has 1 amide bonds. The number of aliphatic hydroxyl groups is 1. The first-order chi connectivity index (χ1) is 16.3. The van der Waals surface area contributed by atoms with Gasteiger partial charge in [-0.25, -0.2) is 17.5 Å². The smallest absolute Gasteiger partial charge is 0.241 e. The summed E-state index contributed by atoms with van der Waals surface area (Å²) in [6.07, 6.45) is 0.0886. The molecule has 0 aliphatic rings. The Morgan fingerprint density at radius 1 is 1.09 bits per heavy atom. The van der Waals surface area contributed by atoms with Crippen LogP contribution in [0.5, 0.6) is 0 Å². The van der Waals surface area contributed by atoms with Gasteiger partial charge in [-0.3, -0.25) is 4.79 Å². The van der Waals surface area contributed by atoms with Gasteiger partial charge in [0.05, 0.1) is 29.7 Å². The van der Waals surface area contributed by atoms with Gasteiger partial charge in [0.1, 0.15) is 5.82 Å². The van der Waals surface area contributed by atoms with Crippen LogP contribution in [0.15, 0.2) is 71.6 Å². The van der Waals surface area contributed by atoms with E-state index in [0.717, 1.165) is 17.7 Å². The number of nitrogens with one attached hydrogen (secondary N) is 1. The molecule has 0 spiro atoms. The number of hydrogen-bond acceptors (Lipinski definition) is 5. The number of sulfonamides is 1. The molecule has 3 aromatic rings. The first-order valence-electron chi connectivity index (χ1n) is 10.6. The summed E-state index contributed by atoms with van der Waals surface area (Å²) >= 11 is 0. The Morgan fingerprint density at radius 2 is 1.82 bits per heavy atom. The van der Waals surface area contributed by atoms with Crippen LogP contribution in [0.3, 0.4) is 0 Å². The molecule has 0 saturated heterocycles. The summed E-state index contributed by atoms with van der Waals surface area (Å²) in [5.41, 5.74) is 1.95. The Kier molecular flexibility index (Phi) is 8.12. The number of carbonyl (C=O) groups is 1. The van der Waals surface area contributed by atoms with Crippen LogP contribution in [-0.2, 0) is 21.4 Å². The van der Waals surface area contributed by atoms with Gasteiger partial charge < -0.3 is 10.0 Å². The summed E-state index contributed by atoms with van der Waals surface area (Å²) < 4.78 is 42.6. The molecule has 3 rings (SSSR count). The number of nitrogens with zero attached hydrogens (tertiary/aromatic N) is 2. The lowest BCUT2D eigenvalue weighted by atomic mass is 10.0. The molecule has 34 heavy (non-hydrogen) atoms. The topological polar surface area (TPSA) is 110 Å². The summed E-state index contributed by atoms with van der Waals surface area (Å²) in [5.74, 6) is -1.05. The molecule has 0 bridgehead atoms. The van der Waals surface area contributed by atoms with Crippen molar-refractivity contribution in [3.05, 3.63) is 83.7 Å². The van der Waals surface area contributed by atoms with Gasteiger partial charge in [0, 0.05) is 18.7 Å². The van der Waals surface area contributed by atoms with E-state index in [0.29, 0.717) is 11.1 Å². The highest BCUT2D eigenvalue weighted by Gasteiger charge is 2.23. The van der Waals surface area contributed by atoms with E-state index < -0.39 is 15.8 Å². The number of anilines is 1. The van der Waals surface area contributed by atoms with E-state index in [2.05, 4.69) is 4.72 Å². The van der Waals surface area contributed by atoms with Gasteiger partial charge in [-0.15, -0.1) is 0 Å². The number of carbonyl (C=O) groups excluding carboxylic acids is 1. The van der Waals surface area contributed by atoms with Gasteiger partial charge in [0.15, 0.2) is 0 Å². The molecule has 0 fully saturated rings. The lowest BCUT2D eigenvalue weighted by Gasteiger charge is -2.24. The summed E-state index contributed by atoms with van der Waals surface area (Å²) in [6, 6.07) is 19.5. The van der Waals surface area contributed by atoms with E-state index in [9.17, 15) is 22.9 Å². The first kappa shape index (κ1) is 25.1. The molecule has 0 heterocycles. The Bertz CT molecular complexity index is 1320. The Morgan fingerprint density at radius 3 is 2.47 bits per heavy atom. The van der Waals surface area contributed by atoms with E-state index >= 15 is 0 Å². The number of nitriles is 1. The Hall–Kier alpha value is -3.58. The second-order valence-corrected chi connectivity index (χ2v) is 9.19. The monoisotopic (exact) mass is 481 g/mol. The highest BCUT2D eigenvalue weighted by Crippen LogP contribution is 2.29. The SMILES string of the molecule is CCC(=O)N(Cc1ccc(-c2ccccc2)cc1S(=O)(=O)NCCO)c1cc(F)cc(C#N)c1.